The molecule has 1 aromatic rings. The van der Waals surface area contributed by atoms with Gasteiger partial charge in [-0.15, -0.1) is 0 Å². The standard InChI is InChI=1S/C12H15ClFNO2/c1-7(16)12(2,3)15-11(17)9-6-8(13)4-5-10(9)14/h4-7,16H,1-3H3,(H,15,17). The van der Waals surface area contributed by atoms with Crippen molar-refractivity contribution in [3.63, 3.8) is 0 Å². The minimum atomic E-state index is -0.841. The third kappa shape index (κ3) is 3.41. The van der Waals surface area contributed by atoms with E-state index in [0.29, 0.717) is 0 Å². The molecule has 5 heteroatoms. The zero-order chi connectivity index (χ0) is 13.2. The van der Waals surface area contributed by atoms with Crippen LogP contribution < -0.4 is 5.32 Å². The fraction of sp³-hybridized carbons (Fsp3) is 0.417. The molecule has 17 heavy (non-hydrogen) atoms. The van der Waals surface area contributed by atoms with Crippen molar-refractivity contribution in [3.05, 3.63) is 34.6 Å². The Hall–Kier alpha value is -1.13. The van der Waals surface area contributed by atoms with Crippen LogP contribution in [0.3, 0.4) is 0 Å². The molecule has 0 heterocycles. The van der Waals surface area contributed by atoms with Gasteiger partial charge in [-0.1, -0.05) is 11.6 Å². The number of amides is 1. The predicted molar refractivity (Wildman–Crippen MR) is 64.6 cm³/mol. The number of hydrogen-bond acceptors (Lipinski definition) is 2. The molecule has 0 aliphatic carbocycles. The summed E-state index contributed by atoms with van der Waals surface area (Å²) in [4.78, 5) is 11.8. The summed E-state index contributed by atoms with van der Waals surface area (Å²) in [6, 6.07) is 3.75. The number of aliphatic hydroxyl groups excluding tert-OH is 1. The maximum absolute atomic E-state index is 13.4. The van der Waals surface area contributed by atoms with E-state index < -0.39 is 23.4 Å². The molecular formula is C12H15ClFNO2. The Morgan fingerprint density at radius 3 is 2.65 bits per heavy atom. The van der Waals surface area contributed by atoms with Crippen molar-refractivity contribution in [1.29, 1.82) is 0 Å². The van der Waals surface area contributed by atoms with E-state index in [1.54, 1.807) is 20.8 Å². The fourth-order valence-corrected chi connectivity index (χ4v) is 1.31. The van der Waals surface area contributed by atoms with Crippen LogP contribution in [0, 0.1) is 5.82 Å². The maximum atomic E-state index is 13.4. The summed E-state index contributed by atoms with van der Waals surface area (Å²) in [6.45, 7) is 4.85. The number of aliphatic hydroxyl groups is 1. The molecule has 0 bridgehead atoms. The van der Waals surface area contributed by atoms with Crippen molar-refractivity contribution in [2.24, 2.45) is 0 Å². The molecule has 0 saturated heterocycles. The highest BCUT2D eigenvalue weighted by molar-refractivity contribution is 6.31. The van der Waals surface area contributed by atoms with Crippen molar-refractivity contribution < 1.29 is 14.3 Å². The summed E-state index contributed by atoms with van der Waals surface area (Å²) in [5.41, 5.74) is -0.975. The van der Waals surface area contributed by atoms with Gasteiger partial charge in [-0.05, 0) is 39.0 Å². The van der Waals surface area contributed by atoms with E-state index in [0.717, 1.165) is 6.07 Å². The van der Waals surface area contributed by atoms with Crippen LogP contribution in [0.1, 0.15) is 31.1 Å². The van der Waals surface area contributed by atoms with Crippen molar-refractivity contribution in [2.75, 3.05) is 0 Å². The number of benzene rings is 1. The van der Waals surface area contributed by atoms with Crippen molar-refractivity contribution in [2.45, 2.75) is 32.4 Å². The molecule has 2 N–H and O–H groups in total. The Balaban J connectivity index is 2.94. The molecule has 3 nitrogen and oxygen atoms in total. The Labute approximate surface area is 105 Å². The second-order valence-corrected chi connectivity index (χ2v) is 4.91. The van der Waals surface area contributed by atoms with Gasteiger partial charge in [0.1, 0.15) is 5.82 Å². The number of carbonyl (C=O) groups excluding carboxylic acids is 1. The first-order chi connectivity index (χ1) is 7.74. The van der Waals surface area contributed by atoms with Crippen LogP contribution in [0.4, 0.5) is 4.39 Å². The van der Waals surface area contributed by atoms with E-state index in [4.69, 9.17) is 11.6 Å². The quantitative estimate of drug-likeness (QED) is 0.876. The van der Waals surface area contributed by atoms with E-state index in [2.05, 4.69) is 5.32 Å². The van der Waals surface area contributed by atoms with E-state index in [9.17, 15) is 14.3 Å². The highest BCUT2D eigenvalue weighted by Crippen LogP contribution is 2.16. The van der Waals surface area contributed by atoms with Crippen LogP contribution in [0.15, 0.2) is 18.2 Å². The second-order valence-electron chi connectivity index (χ2n) is 4.48. The maximum Gasteiger partial charge on any atom is 0.254 e. The van der Waals surface area contributed by atoms with Crippen molar-refractivity contribution >= 4 is 17.5 Å². The molecule has 0 saturated carbocycles. The number of carbonyl (C=O) groups is 1. The van der Waals surface area contributed by atoms with Gasteiger partial charge in [0.25, 0.3) is 5.91 Å². The molecule has 0 radical (unpaired) electrons. The van der Waals surface area contributed by atoms with Gasteiger partial charge in [-0.3, -0.25) is 4.79 Å². The smallest absolute Gasteiger partial charge is 0.254 e. The van der Waals surface area contributed by atoms with Crippen LogP contribution in [-0.2, 0) is 0 Å². The Kier molecular flexibility index (Phi) is 4.11. The molecule has 1 unspecified atom stereocenters. The molecule has 1 rings (SSSR count). The van der Waals surface area contributed by atoms with Crippen molar-refractivity contribution in [1.82, 2.24) is 5.32 Å². The van der Waals surface area contributed by atoms with Crippen LogP contribution in [0.5, 0.6) is 0 Å². The summed E-state index contributed by atoms with van der Waals surface area (Å²) >= 11 is 5.70. The van der Waals surface area contributed by atoms with Crippen LogP contribution in [-0.4, -0.2) is 22.7 Å². The Morgan fingerprint density at radius 1 is 1.53 bits per heavy atom. The zero-order valence-electron chi connectivity index (χ0n) is 9.92. The van der Waals surface area contributed by atoms with Gasteiger partial charge in [0.05, 0.1) is 17.2 Å². The number of halogens is 2. The van der Waals surface area contributed by atoms with Crippen molar-refractivity contribution in [3.8, 4) is 0 Å². The van der Waals surface area contributed by atoms with Gasteiger partial charge >= 0.3 is 0 Å². The first-order valence-corrected chi connectivity index (χ1v) is 5.57. The third-order valence-corrected chi connectivity index (χ3v) is 2.89. The first-order valence-electron chi connectivity index (χ1n) is 5.19. The monoisotopic (exact) mass is 259 g/mol. The number of hydrogen-bond donors (Lipinski definition) is 2. The molecule has 0 spiro atoms. The lowest BCUT2D eigenvalue weighted by molar-refractivity contribution is 0.0706. The summed E-state index contributed by atoms with van der Waals surface area (Å²) in [5, 5.41) is 12.3. The van der Waals surface area contributed by atoms with E-state index >= 15 is 0 Å². The lowest BCUT2D eigenvalue weighted by Crippen LogP contribution is -2.51. The predicted octanol–water partition coefficient (Wildman–Crippen LogP) is 2.37. The van der Waals surface area contributed by atoms with Gasteiger partial charge in [0, 0.05) is 5.02 Å². The highest BCUT2D eigenvalue weighted by atomic mass is 35.5. The van der Waals surface area contributed by atoms with Gasteiger partial charge in [-0.25, -0.2) is 4.39 Å². The molecule has 0 aliphatic rings. The molecular weight excluding hydrogens is 245 g/mol. The summed E-state index contributed by atoms with van der Waals surface area (Å²) in [7, 11) is 0. The molecule has 1 aromatic carbocycles. The molecule has 0 aromatic heterocycles. The third-order valence-electron chi connectivity index (χ3n) is 2.65. The first kappa shape index (κ1) is 13.9. The molecule has 94 valence electrons. The Bertz CT molecular complexity index is 433. The van der Waals surface area contributed by atoms with Gasteiger partial charge in [-0.2, -0.15) is 0 Å². The highest BCUT2D eigenvalue weighted by Gasteiger charge is 2.27. The van der Waals surface area contributed by atoms with Crippen LogP contribution in [0.2, 0.25) is 5.02 Å². The topological polar surface area (TPSA) is 49.3 Å². The summed E-state index contributed by atoms with van der Waals surface area (Å²) in [6.07, 6.45) is -0.756. The minimum Gasteiger partial charge on any atom is -0.391 e. The van der Waals surface area contributed by atoms with Gasteiger partial charge in [0.2, 0.25) is 0 Å². The lowest BCUT2D eigenvalue weighted by atomic mass is 9.98. The fourth-order valence-electron chi connectivity index (χ4n) is 1.14. The summed E-state index contributed by atoms with van der Waals surface area (Å²) < 4.78 is 13.4. The van der Waals surface area contributed by atoms with Crippen LogP contribution >= 0.6 is 11.6 Å². The average molecular weight is 260 g/mol. The minimum absolute atomic E-state index is 0.133. The van der Waals surface area contributed by atoms with E-state index in [1.807, 2.05) is 0 Å². The normalized spacial score (nSPS) is 13.3. The van der Waals surface area contributed by atoms with Gasteiger partial charge in [0.15, 0.2) is 0 Å². The van der Waals surface area contributed by atoms with Gasteiger partial charge < -0.3 is 10.4 Å². The lowest BCUT2D eigenvalue weighted by Gasteiger charge is -2.29. The summed E-state index contributed by atoms with van der Waals surface area (Å²) in [5.74, 6) is -1.25. The molecule has 0 fully saturated rings. The largest absolute Gasteiger partial charge is 0.391 e. The average Bonchev–Trinajstić information content (AvgIpc) is 2.20. The molecule has 1 amide bonds. The molecule has 0 aliphatic heterocycles. The number of nitrogens with one attached hydrogen (secondary N) is 1. The van der Waals surface area contributed by atoms with Crippen LogP contribution in [0.25, 0.3) is 0 Å². The van der Waals surface area contributed by atoms with E-state index in [-0.39, 0.29) is 10.6 Å². The zero-order valence-corrected chi connectivity index (χ0v) is 10.7. The SMILES string of the molecule is CC(O)C(C)(C)NC(=O)c1cc(Cl)ccc1F. The molecule has 1 atom stereocenters. The number of rotatable bonds is 3. The second kappa shape index (κ2) is 5.02. The van der Waals surface area contributed by atoms with E-state index in [1.165, 1.54) is 12.1 Å². The Morgan fingerprint density at radius 2 is 2.12 bits per heavy atom.